The molecule has 0 heterocycles. The van der Waals surface area contributed by atoms with Crippen LogP contribution in [0.5, 0.6) is 5.75 Å². The van der Waals surface area contributed by atoms with Gasteiger partial charge in [-0.3, -0.25) is 4.79 Å². The fraction of sp³-hybridized carbons (Fsp3) is 0.500. The van der Waals surface area contributed by atoms with Gasteiger partial charge in [-0.15, -0.1) is 0 Å². The van der Waals surface area contributed by atoms with Crippen molar-refractivity contribution < 1.29 is 14.6 Å². The number of benzene rings is 1. The van der Waals surface area contributed by atoms with Crippen molar-refractivity contribution in [2.75, 3.05) is 14.2 Å². The summed E-state index contributed by atoms with van der Waals surface area (Å²) in [5.74, 6) is 0.322. The van der Waals surface area contributed by atoms with Crippen molar-refractivity contribution >= 4 is 5.97 Å². The summed E-state index contributed by atoms with van der Waals surface area (Å²) in [5, 5.41) is 11.8. The van der Waals surface area contributed by atoms with Crippen LogP contribution in [0.25, 0.3) is 0 Å². The minimum absolute atomic E-state index is 0.410. The first-order valence-electron chi connectivity index (χ1n) is 6.06. The highest BCUT2D eigenvalue weighted by molar-refractivity contribution is 5.74. The van der Waals surface area contributed by atoms with Crippen molar-refractivity contribution in [3.05, 3.63) is 29.3 Å². The number of likely N-dealkylation sites (N-methyl/N-ethyl adjacent to an activating group) is 1. The van der Waals surface area contributed by atoms with Crippen molar-refractivity contribution in [2.45, 2.75) is 32.2 Å². The van der Waals surface area contributed by atoms with Gasteiger partial charge in [0.25, 0.3) is 0 Å². The maximum absolute atomic E-state index is 11.0. The maximum Gasteiger partial charge on any atom is 0.321 e. The Kier molecular flexibility index (Phi) is 5.16. The summed E-state index contributed by atoms with van der Waals surface area (Å²) < 4.78 is 5.34. The molecule has 1 unspecified atom stereocenters. The summed E-state index contributed by atoms with van der Waals surface area (Å²) >= 11 is 0. The lowest BCUT2D eigenvalue weighted by atomic mass is 9.98. The monoisotopic (exact) mass is 251 g/mol. The third-order valence-electron chi connectivity index (χ3n) is 3.05. The number of carbonyl (C=O) groups is 1. The van der Waals surface area contributed by atoms with Gasteiger partial charge in [-0.1, -0.05) is 26.0 Å². The molecule has 4 heteroatoms. The molecule has 0 radical (unpaired) electrons. The summed E-state index contributed by atoms with van der Waals surface area (Å²) in [5.41, 5.74) is 2.09. The van der Waals surface area contributed by atoms with Crippen LogP contribution < -0.4 is 10.1 Å². The molecule has 0 bridgehead atoms. The van der Waals surface area contributed by atoms with Crippen LogP contribution in [-0.4, -0.2) is 31.3 Å². The van der Waals surface area contributed by atoms with E-state index in [0.717, 1.165) is 11.3 Å². The number of methoxy groups -OCH3 is 1. The average molecular weight is 251 g/mol. The Hall–Kier alpha value is -1.55. The summed E-state index contributed by atoms with van der Waals surface area (Å²) in [6.45, 7) is 4.23. The average Bonchev–Trinajstić information content (AvgIpc) is 2.35. The predicted molar refractivity (Wildman–Crippen MR) is 71.3 cm³/mol. The first kappa shape index (κ1) is 14.5. The molecule has 0 saturated carbocycles. The van der Waals surface area contributed by atoms with E-state index in [2.05, 4.69) is 19.2 Å². The van der Waals surface area contributed by atoms with E-state index in [9.17, 15) is 4.79 Å². The molecule has 0 saturated heterocycles. The van der Waals surface area contributed by atoms with Crippen molar-refractivity contribution in [1.29, 1.82) is 0 Å². The molecule has 18 heavy (non-hydrogen) atoms. The first-order valence-corrected chi connectivity index (χ1v) is 6.06. The fourth-order valence-electron chi connectivity index (χ4n) is 1.82. The number of nitrogens with one attached hydrogen (secondary N) is 1. The van der Waals surface area contributed by atoms with Crippen LogP contribution in [0.2, 0.25) is 0 Å². The van der Waals surface area contributed by atoms with Crippen LogP contribution in [0.4, 0.5) is 0 Å². The van der Waals surface area contributed by atoms with E-state index in [4.69, 9.17) is 9.84 Å². The van der Waals surface area contributed by atoms with Gasteiger partial charge in [0.05, 0.1) is 7.11 Å². The van der Waals surface area contributed by atoms with E-state index < -0.39 is 12.0 Å². The number of carboxylic acid groups (broad SMARTS) is 1. The summed E-state index contributed by atoms with van der Waals surface area (Å²) in [4.78, 5) is 11.0. The molecule has 1 aromatic rings. The Balaban J connectivity index is 2.98. The minimum atomic E-state index is -0.854. The van der Waals surface area contributed by atoms with Crippen LogP contribution in [0, 0.1) is 0 Å². The highest BCUT2D eigenvalue weighted by Crippen LogP contribution is 2.25. The SMILES string of the molecule is CNC(Cc1ccc(C(C)C)cc1OC)C(=O)O. The molecule has 0 aliphatic rings. The second-order valence-electron chi connectivity index (χ2n) is 4.61. The second-order valence-corrected chi connectivity index (χ2v) is 4.61. The number of rotatable bonds is 6. The van der Waals surface area contributed by atoms with Crippen LogP contribution in [0.15, 0.2) is 18.2 Å². The molecule has 2 N–H and O–H groups in total. The molecule has 1 rings (SSSR count). The topological polar surface area (TPSA) is 58.6 Å². The van der Waals surface area contributed by atoms with Crippen molar-refractivity contribution in [2.24, 2.45) is 0 Å². The van der Waals surface area contributed by atoms with E-state index in [1.807, 2.05) is 18.2 Å². The normalized spacial score (nSPS) is 12.5. The van der Waals surface area contributed by atoms with Crippen molar-refractivity contribution in [3.8, 4) is 5.75 Å². The van der Waals surface area contributed by atoms with Gasteiger partial charge < -0.3 is 15.2 Å². The van der Waals surface area contributed by atoms with Gasteiger partial charge in [-0.25, -0.2) is 0 Å². The number of ether oxygens (including phenoxy) is 1. The van der Waals surface area contributed by atoms with Gasteiger partial charge in [0.15, 0.2) is 0 Å². The first-order chi connectivity index (χ1) is 8.49. The molecule has 0 aromatic heterocycles. The van der Waals surface area contributed by atoms with Crippen LogP contribution in [0.3, 0.4) is 0 Å². The molecule has 0 aliphatic carbocycles. The zero-order valence-electron chi connectivity index (χ0n) is 11.4. The standard InChI is InChI=1S/C14H21NO3/c1-9(2)10-5-6-11(13(8-10)18-4)7-12(15-3)14(16)17/h5-6,8-9,12,15H,7H2,1-4H3,(H,16,17). The van der Waals surface area contributed by atoms with E-state index in [0.29, 0.717) is 12.3 Å². The Morgan fingerprint density at radius 2 is 2.11 bits per heavy atom. The third-order valence-corrected chi connectivity index (χ3v) is 3.05. The van der Waals surface area contributed by atoms with E-state index in [1.54, 1.807) is 14.2 Å². The highest BCUT2D eigenvalue weighted by atomic mass is 16.5. The number of carboxylic acids is 1. The molecule has 0 aliphatic heterocycles. The molecule has 0 fully saturated rings. The number of hydrogen-bond acceptors (Lipinski definition) is 3. The second kappa shape index (κ2) is 6.40. The lowest BCUT2D eigenvalue weighted by Crippen LogP contribution is -2.35. The van der Waals surface area contributed by atoms with Crippen molar-refractivity contribution in [3.63, 3.8) is 0 Å². The van der Waals surface area contributed by atoms with Gasteiger partial charge >= 0.3 is 5.97 Å². The summed E-state index contributed by atoms with van der Waals surface area (Å²) in [7, 11) is 3.26. The molecule has 100 valence electrons. The van der Waals surface area contributed by atoms with Crippen LogP contribution in [0.1, 0.15) is 30.9 Å². The molecular weight excluding hydrogens is 230 g/mol. The molecule has 4 nitrogen and oxygen atoms in total. The van der Waals surface area contributed by atoms with E-state index >= 15 is 0 Å². The summed E-state index contributed by atoms with van der Waals surface area (Å²) in [6.07, 6.45) is 0.410. The smallest absolute Gasteiger partial charge is 0.321 e. The number of aliphatic carboxylic acids is 1. The Morgan fingerprint density at radius 3 is 2.56 bits per heavy atom. The molecule has 1 aromatic carbocycles. The van der Waals surface area contributed by atoms with Crippen LogP contribution in [-0.2, 0) is 11.2 Å². The van der Waals surface area contributed by atoms with Gasteiger partial charge in [0.1, 0.15) is 11.8 Å². The van der Waals surface area contributed by atoms with Gasteiger partial charge in [-0.05, 0) is 30.2 Å². The Bertz CT molecular complexity index is 416. The quantitative estimate of drug-likeness (QED) is 0.812. The Morgan fingerprint density at radius 1 is 1.44 bits per heavy atom. The zero-order valence-corrected chi connectivity index (χ0v) is 11.4. The van der Waals surface area contributed by atoms with Crippen molar-refractivity contribution in [1.82, 2.24) is 5.32 Å². The van der Waals surface area contributed by atoms with Gasteiger partial charge in [-0.2, -0.15) is 0 Å². The zero-order chi connectivity index (χ0) is 13.7. The van der Waals surface area contributed by atoms with Gasteiger partial charge in [0, 0.05) is 6.42 Å². The summed E-state index contributed by atoms with van der Waals surface area (Å²) in [6, 6.07) is 5.36. The highest BCUT2D eigenvalue weighted by Gasteiger charge is 2.18. The molecular formula is C14H21NO3. The number of hydrogen-bond donors (Lipinski definition) is 2. The van der Waals surface area contributed by atoms with Gasteiger partial charge in [0.2, 0.25) is 0 Å². The van der Waals surface area contributed by atoms with E-state index in [-0.39, 0.29) is 0 Å². The maximum atomic E-state index is 11.0. The largest absolute Gasteiger partial charge is 0.496 e. The predicted octanol–water partition coefficient (Wildman–Crippen LogP) is 2.03. The Labute approximate surface area is 108 Å². The van der Waals surface area contributed by atoms with Crippen LogP contribution >= 0.6 is 0 Å². The molecule has 0 amide bonds. The lowest BCUT2D eigenvalue weighted by molar-refractivity contribution is -0.139. The lowest BCUT2D eigenvalue weighted by Gasteiger charge is -2.16. The van der Waals surface area contributed by atoms with E-state index in [1.165, 1.54) is 5.56 Å². The third kappa shape index (κ3) is 3.47. The molecule has 0 spiro atoms. The minimum Gasteiger partial charge on any atom is -0.496 e. The molecule has 1 atom stereocenters. The fourth-order valence-corrected chi connectivity index (χ4v) is 1.82.